The number of hydrogen-bond donors (Lipinski definition) is 0. The molecule has 0 N–H and O–H groups in total. The Balaban J connectivity index is 2.86. The number of aromatic nitrogens is 2. The maximum absolute atomic E-state index is 11.7. The van der Waals surface area contributed by atoms with Crippen LogP contribution < -0.4 is 11.2 Å². The van der Waals surface area contributed by atoms with E-state index in [4.69, 9.17) is 0 Å². The lowest BCUT2D eigenvalue weighted by Crippen LogP contribution is -2.41. The molecule has 16 heavy (non-hydrogen) atoms. The van der Waals surface area contributed by atoms with Crippen LogP contribution in [0.4, 0.5) is 0 Å². The van der Waals surface area contributed by atoms with Crippen molar-refractivity contribution >= 4 is 0 Å². The van der Waals surface area contributed by atoms with Gasteiger partial charge in [0.15, 0.2) is 0 Å². The lowest BCUT2D eigenvalue weighted by molar-refractivity contribution is 0.286. The lowest BCUT2D eigenvalue weighted by atomic mass is 10.4. The molecule has 0 aliphatic rings. The molecule has 0 unspecified atom stereocenters. The molecular formula is C11H19N3O2. The van der Waals surface area contributed by atoms with Crippen LogP contribution in [0.15, 0.2) is 21.9 Å². The third-order valence-electron chi connectivity index (χ3n) is 2.77. The fourth-order valence-corrected chi connectivity index (χ4v) is 1.60. The lowest BCUT2D eigenvalue weighted by Gasteiger charge is -2.18. The second kappa shape index (κ2) is 5.65. The number of nitrogens with zero attached hydrogens (tertiary/aromatic N) is 3. The van der Waals surface area contributed by atoms with Crippen molar-refractivity contribution in [2.75, 3.05) is 19.6 Å². The van der Waals surface area contributed by atoms with Gasteiger partial charge in [0.1, 0.15) is 0 Å². The molecule has 0 amide bonds. The molecule has 1 aromatic rings. The number of rotatable bonds is 5. The number of likely N-dealkylation sites (N-methyl/N-ethyl adjacent to an activating group) is 1. The molecule has 0 saturated heterocycles. The fraction of sp³-hybridized carbons (Fsp3) is 0.636. The molecule has 0 aromatic carbocycles. The van der Waals surface area contributed by atoms with Crippen molar-refractivity contribution in [1.29, 1.82) is 0 Å². The minimum absolute atomic E-state index is 0.227. The Morgan fingerprint density at radius 3 is 2.44 bits per heavy atom. The fourth-order valence-electron chi connectivity index (χ4n) is 1.60. The zero-order chi connectivity index (χ0) is 12.1. The third kappa shape index (κ3) is 2.82. The third-order valence-corrected chi connectivity index (χ3v) is 2.77. The van der Waals surface area contributed by atoms with Gasteiger partial charge in [-0.05, 0) is 13.1 Å². The molecule has 0 aliphatic carbocycles. The molecule has 0 spiro atoms. The zero-order valence-electron chi connectivity index (χ0n) is 10.1. The average Bonchev–Trinajstić information content (AvgIpc) is 2.29. The van der Waals surface area contributed by atoms with Gasteiger partial charge in [0.05, 0.1) is 0 Å². The van der Waals surface area contributed by atoms with Crippen molar-refractivity contribution in [1.82, 2.24) is 14.0 Å². The van der Waals surface area contributed by atoms with E-state index in [-0.39, 0.29) is 11.2 Å². The summed E-state index contributed by atoms with van der Waals surface area (Å²) in [5, 5.41) is 0. The summed E-state index contributed by atoms with van der Waals surface area (Å²) >= 11 is 0. The van der Waals surface area contributed by atoms with E-state index in [2.05, 4.69) is 18.7 Å². The van der Waals surface area contributed by atoms with Crippen molar-refractivity contribution in [2.24, 2.45) is 7.05 Å². The highest BCUT2D eigenvalue weighted by atomic mass is 16.2. The highest BCUT2D eigenvalue weighted by Gasteiger charge is 2.04. The molecule has 0 fully saturated rings. The van der Waals surface area contributed by atoms with Gasteiger partial charge in [-0.1, -0.05) is 13.8 Å². The molecular weight excluding hydrogens is 206 g/mol. The Morgan fingerprint density at radius 2 is 1.88 bits per heavy atom. The first-order valence-electron chi connectivity index (χ1n) is 5.59. The van der Waals surface area contributed by atoms with Crippen LogP contribution in [-0.2, 0) is 13.6 Å². The van der Waals surface area contributed by atoms with E-state index in [1.54, 1.807) is 7.05 Å². The van der Waals surface area contributed by atoms with E-state index in [9.17, 15) is 9.59 Å². The predicted octanol–water partition coefficient (Wildman–Crippen LogP) is -0.111. The summed E-state index contributed by atoms with van der Waals surface area (Å²) in [5.41, 5.74) is -0.477. The van der Waals surface area contributed by atoms with Crippen LogP contribution >= 0.6 is 0 Å². The van der Waals surface area contributed by atoms with Crippen LogP contribution in [-0.4, -0.2) is 33.7 Å². The molecule has 1 heterocycles. The highest BCUT2D eigenvalue weighted by Crippen LogP contribution is 1.87. The van der Waals surface area contributed by atoms with Gasteiger partial charge in [0.25, 0.3) is 5.56 Å². The number of hydrogen-bond acceptors (Lipinski definition) is 3. The van der Waals surface area contributed by atoms with Gasteiger partial charge >= 0.3 is 5.69 Å². The summed E-state index contributed by atoms with van der Waals surface area (Å²) in [4.78, 5) is 25.4. The molecule has 1 aromatic heterocycles. The standard InChI is InChI=1S/C11H19N3O2/c1-4-13(5-2)8-9-14-10(15)6-7-12(3)11(14)16/h6-7H,4-5,8-9H2,1-3H3. The normalized spacial score (nSPS) is 11.0. The average molecular weight is 225 g/mol. The Labute approximate surface area is 94.9 Å². The smallest absolute Gasteiger partial charge is 0.303 e. The maximum atomic E-state index is 11.7. The van der Waals surface area contributed by atoms with E-state index >= 15 is 0 Å². The summed E-state index contributed by atoms with van der Waals surface area (Å²) in [5.74, 6) is 0. The predicted molar refractivity (Wildman–Crippen MR) is 63.7 cm³/mol. The van der Waals surface area contributed by atoms with Gasteiger partial charge < -0.3 is 9.47 Å². The van der Waals surface area contributed by atoms with Gasteiger partial charge in [0, 0.05) is 32.4 Å². The first-order chi connectivity index (χ1) is 7.60. The molecule has 0 aliphatic heterocycles. The van der Waals surface area contributed by atoms with Crippen LogP contribution in [0.25, 0.3) is 0 Å². The molecule has 0 atom stereocenters. The number of aryl methyl sites for hydroxylation is 1. The summed E-state index contributed by atoms with van der Waals surface area (Å²) in [6.45, 7) is 7.17. The van der Waals surface area contributed by atoms with Crippen LogP contribution in [0.1, 0.15) is 13.8 Å². The van der Waals surface area contributed by atoms with Crippen LogP contribution in [0.2, 0.25) is 0 Å². The van der Waals surface area contributed by atoms with Crippen molar-refractivity contribution < 1.29 is 0 Å². The molecule has 1 rings (SSSR count). The molecule has 0 bridgehead atoms. The van der Waals surface area contributed by atoms with Crippen molar-refractivity contribution in [3.63, 3.8) is 0 Å². The monoisotopic (exact) mass is 225 g/mol. The van der Waals surface area contributed by atoms with Gasteiger partial charge in [-0.25, -0.2) is 4.79 Å². The van der Waals surface area contributed by atoms with E-state index < -0.39 is 0 Å². The molecule has 90 valence electrons. The molecule has 0 radical (unpaired) electrons. The molecule has 0 saturated carbocycles. The minimum atomic E-state index is -0.250. The molecule has 5 nitrogen and oxygen atoms in total. The first kappa shape index (κ1) is 12.7. The minimum Gasteiger partial charge on any atom is -0.303 e. The Bertz CT molecular complexity index is 443. The summed E-state index contributed by atoms with van der Waals surface area (Å²) < 4.78 is 2.70. The largest absolute Gasteiger partial charge is 0.330 e. The Hall–Kier alpha value is -1.36. The zero-order valence-corrected chi connectivity index (χ0v) is 10.1. The molecule has 5 heteroatoms. The summed E-state index contributed by atoms with van der Waals surface area (Å²) in [7, 11) is 1.65. The Morgan fingerprint density at radius 1 is 1.25 bits per heavy atom. The van der Waals surface area contributed by atoms with E-state index in [1.807, 2.05) is 0 Å². The summed E-state index contributed by atoms with van der Waals surface area (Å²) in [6.07, 6.45) is 1.50. The quantitative estimate of drug-likeness (QED) is 0.702. The van der Waals surface area contributed by atoms with Gasteiger partial charge in [-0.3, -0.25) is 9.36 Å². The second-order valence-electron chi connectivity index (χ2n) is 3.73. The van der Waals surface area contributed by atoms with Crippen LogP contribution in [0.3, 0.4) is 0 Å². The van der Waals surface area contributed by atoms with E-state index in [1.165, 1.54) is 21.4 Å². The van der Waals surface area contributed by atoms with Gasteiger partial charge in [0.2, 0.25) is 0 Å². The second-order valence-corrected chi connectivity index (χ2v) is 3.73. The Kier molecular flexibility index (Phi) is 4.49. The van der Waals surface area contributed by atoms with E-state index in [0.717, 1.165) is 19.6 Å². The van der Waals surface area contributed by atoms with Crippen molar-refractivity contribution in [2.45, 2.75) is 20.4 Å². The van der Waals surface area contributed by atoms with Crippen molar-refractivity contribution in [3.05, 3.63) is 33.1 Å². The van der Waals surface area contributed by atoms with Crippen LogP contribution in [0.5, 0.6) is 0 Å². The van der Waals surface area contributed by atoms with Gasteiger partial charge in [-0.15, -0.1) is 0 Å². The highest BCUT2D eigenvalue weighted by molar-refractivity contribution is 4.85. The maximum Gasteiger partial charge on any atom is 0.330 e. The first-order valence-corrected chi connectivity index (χ1v) is 5.59. The van der Waals surface area contributed by atoms with Crippen LogP contribution in [0, 0.1) is 0 Å². The topological polar surface area (TPSA) is 47.2 Å². The SMILES string of the molecule is CCN(CC)CCn1c(=O)ccn(C)c1=O. The van der Waals surface area contributed by atoms with Gasteiger partial charge in [-0.2, -0.15) is 0 Å². The van der Waals surface area contributed by atoms with Crippen molar-refractivity contribution in [3.8, 4) is 0 Å². The van der Waals surface area contributed by atoms with E-state index in [0.29, 0.717) is 6.54 Å². The summed E-state index contributed by atoms with van der Waals surface area (Å²) in [6, 6.07) is 1.42.